The van der Waals surface area contributed by atoms with Crippen molar-refractivity contribution < 1.29 is 14.4 Å². The number of hydrogen-bond acceptors (Lipinski definition) is 5. The third-order valence-corrected chi connectivity index (χ3v) is 7.24. The van der Waals surface area contributed by atoms with Crippen molar-refractivity contribution in [2.45, 2.75) is 25.3 Å². The number of thiazole rings is 1. The first-order valence-corrected chi connectivity index (χ1v) is 12.6. The number of anilines is 2. The van der Waals surface area contributed by atoms with Crippen molar-refractivity contribution in [3.63, 3.8) is 0 Å². The fourth-order valence-electron chi connectivity index (χ4n) is 4.31. The molecule has 7 nitrogen and oxygen atoms in total. The van der Waals surface area contributed by atoms with Gasteiger partial charge in [-0.25, -0.2) is 9.78 Å². The number of benzene rings is 3. The summed E-state index contributed by atoms with van der Waals surface area (Å²) < 4.78 is 0.999. The second-order valence-corrected chi connectivity index (χ2v) is 9.88. The van der Waals surface area contributed by atoms with Crippen molar-refractivity contribution in [2.24, 2.45) is 5.92 Å². The number of hydrogen-bond donors (Lipinski definition) is 2. The molecule has 0 bridgehead atoms. The predicted octanol–water partition coefficient (Wildman–Crippen LogP) is 6.22. The van der Waals surface area contributed by atoms with E-state index >= 15 is 0 Å². The summed E-state index contributed by atoms with van der Waals surface area (Å²) in [6.45, 7) is 0.505. The average molecular weight is 485 g/mol. The maximum absolute atomic E-state index is 13.0. The molecule has 8 heteroatoms. The van der Waals surface area contributed by atoms with Crippen LogP contribution in [-0.2, 0) is 9.63 Å². The average Bonchev–Trinajstić information content (AvgIpc) is 3.48. The van der Waals surface area contributed by atoms with Gasteiger partial charge in [0.15, 0.2) is 5.13 Å². The number of fused-ring (bicyclic) bond motifs is 1. The molecule has 0 radical (unpaired) electrons. The first-order valence-electron chi connectivity index (χ1n) is 11.7. The van der Waals surface area contributed by atoms with E-state index in [-0.39, 0.29) is 23.9 Å². The Morgan fingerprint density at radius 1 is 0.914 bits per heavy atom. The molecule has 0 spiro atoms. The molecule has 4 aromatic rings. The van der Waals surface area contributed by atoms with Gasteiger partial charge in [0, 0.05) is 18.0 Å². The van der Waals surface area contributed by atoms with Gasteiger partial charge in [0.25, 0.3) is 0 Å². The lowest BCUT2D eigenvalue weighted by Gasteiger charge is -2.23. The summed E-state index contributed by atoms with van der Waals surface area (Å²) in [5, 5.41) is 7.97. The predicted molar refractivity (Wildman–Crippen MR) is 137 cm³/mol. The molecular formula is C27H24N4O3S. The Balaban J connectivity index is 1.19. The minimum Gasteiger partial charge on any atom is -0.306 e. The quantitative estimate of drug-likeness (QED) is 0.352. The molecule has 6 rings (SSSR count). The lowest BCUT2D eigenvalue weighted by molar-refractivity contribution is -0.117. The Hall–Kier alpha value is -3.75. The molecule has 2 heterocycles. The van der Waals surface area contributed by atoms with Crippen molar-refractivity contribution in [3.05, 3.63) is 78.4 Å². The number of amides is 3. The van der Waals surface area contributed by atoms with Gasteiger partial charge in [0.1, 0.15) is 0 Å². The van der Waals surface area contributed by atoms with E-state index in [1.165, 1.54) is 16.4 Å². The maximum atomic E-state index is 13.0. The van der Waals surface area contributed by atoms with E-state index in [1.54, 1.807) is 0 Å². The van der Waals surface area contributed by atoms with Crippen LogP contribution < -0.4 is 10.6 Å². The molecule has 35 heavy (non-hydrogen) atoms. The highest BCUT2D eigenvalue weighted by molar-refractivity contribution is 7.22. The summed E-state index contributed by atoms with van der Waals surface area (Å²) in [6.07, 6.45) is 2.69. The second kappa shape index (κ2) is 9.13. The number of carbonyl (C=O) groups is 2. The summed E-state index contributed by atoms with van der Waals surface area (Å²) in [6, 6.07) is 23.3. The zero-order chi connectivity index (χ0) is 23.8. The van der Waals surface area contributed by atoms with E-state index in [9.17, 15) is 9.59 Å². The monoisotopic (exact) mass is 484 g/mol. The van der Waals surface area contributed by atoms with E-state index in [0.717, 1.165) is 46.2 Å². The Labute approximate surface area is 206 Å². The van der Waals surface area contributed by atoms with Gasteiger partial charge < -0.3 is 10.6 Å². The van der Waals surface area contributed by atoms with Crippen LogP contribution in [0.15, 0.2) is 72.8 Å². The van der Waals surface area contributed by atoms with Crippen LogP contribution in [0.4, 0.5) is 15.6 Å². The second-order valence-electron chi connectivity index (χ2n) is 8.85. The highest BCUT2D eigenvalue weighted by Crippen LogP contribution is 2.35. The molecule has 1 saturated carbocycles. The van der Waals surface area contributed by atoms with Gasteiger partial charge in [-0.3, -0.25) is 9.63 Å². The third-order valence-electron chi connectivity index (χ3n) is 6.30. The Bertz CT molecular complexity index is 1400. The largest absolute Gasteiger partial charge is 0.346 e. The number of carbonyl (C=O) groups excluding carboxylic acids is 2. The van der Waals surface area contributed by atoms with E-state index < -0.39 is 0 Å². The standard InChI is InChI=1S/C27H24N4O3S/c32-25(18-9-10-18)30-26-29-22-12-11-20(16-24(22)35-26)19-7-4-8-21(15-19)28-27(33)31-23(13-14-34-31)17-5-2-1-3-6-17/h1-8,11-12,15-16,18,23H,9-10,13-14H2,(H,28,33)(H,29,30,32)/t23-/m0/s1. The highest BCUT2D eigenvalue weighted by Gasteiger charge is 2.32. The van der Waals surface area contributed by atoms with Crippen molar-refractivity contribution in [1.29, 1.82) is 0 Å². The zero-order valence-corrected chi connectivity index (χ0v) is 19.8. The summed E-state index contributed by atoms with van der Waals surface area (Å²) in [7, 11) is 0. The van der Waals surface area contributed by atoms with Crippen LogP contribution >= 0.6 is 11.3 Å². The lowest BCUT2D eigenvalue weighted by Crippen LogP contribution is -2.33. The van der Waals surface area contributed by atoms with Crippen LogP contribution in [-0.4, -0.2) is 28.6 Å². The molecule has 3 amide bonds. The van der Waals surface area contributed by atoms with Crippen LogP contribution in [0, 0.1) is 5.92 Å². The van der Waals surface area contributed by atoms with Crippen molar-refractivity contribution in [2.75, 3.05) is 17.2 Å². The van der Waals surface area contributed by atoms with Gasteiger partial charge in [-0.05, 0) is 53.8 Å². The third kappa shape index (κ3) is 4.62. The molecule has 2 aliphatic rings. The Morgan fingerprint density at radius 2 is 1.74 bits per heavy atom. The molecule has 2 fully saturated rings. The van der Waals surface area contributed by atoms with Gasteiger partial charge >= 0.3 is 6.03 Å². The number of urea groups is 1. The first kappa shape index (κ1) is 21.8. The van der Waals surface area contributed by atoms with E-state index in [0.29, 0.717) is 17.4 Å². The van der Waals surface area contributed by atoms with Crippen LogP contribution in [0.25, 0.3) is 21.3 Å². The SMILES string of the molecule is O=C(Nc1nc2ccc(-c3cccc(NC(=O)N4OCC[C@H]4c4ccccc4)c3)cc2s1)C1CC1. The minimum absolute atomic E-state index is 0.0595. The molecular weight excluding hydrogens is 460 g/mol. The Morgan fingerprint density at radius 3 is 2.57 bits per heavy atom. The molecule has 1 aliphatic carbocycles. The van der Waals surface area contributed by atoms with E-state index in [1.807, 2.05) is 66.7 Å². The summed E-state index contributed by atoms with van der Waals surface area (Å²) in [5.41, 5.74) is 4.59. The van der Waals surface area contributed by atoms with E-state index in [4.69, 9.17) is 4.84 Å². The van der Waals surface area contributed by atoms with Gasteiger partial charge in [-0.2, -0.15) is 5.06 Å². The number of aromatic nitrogens is 1. The summed E-state index contributed by atoms with van der Waals surface area (Å²) in [5.74, 6) is 0.202. The highest BCUT2D eigenvalue weighted by atomic mass is 32.1. The molecule has 1 aromatic heterocycles. The number of nitrogens with zero attached hydrogens (tertiary/aromatic N) is 2. The van der Waals surface area contributed by atoms with Gasteiger partial charge in [-0.1, -0.05) is 59.9 Å². The summed E-state index contributed by atoms with van der Waals surface area (Å²) >= 11 is 1.47. The van der Waals surface area contributed by atoms with Crippen LogP contribution in [0.2, 0.25) is 0 Å². The normalized spacial score (nSPS) is 17.5. The van der Waals surface area contributed by atoms with Gasteiger partial charge in [0.05, 0.1) is 22.9 Å². The number of hydroxylamine groups is 2. The van der Waals surface area contributed by atoms with Crippen molar-refractivity contribution >= 4 is 44.3 Å². The topological polar surface area (TPSA) is 83.6 Å². The first-order chi connectivity index (χ1) is 17.1. The van der Waals surface area contributed by atoms with Crippen molar-refractivity contribution in [3.8, 4) is 11.1 Å². The molecule has 1 aliphatic heterocycles. The smallest absolute Gasteiger partial charge is 0.306 e. The molecule has 1 saturated heterocycles. The van der Waals surface area contributed by atoms with Crippen LogP contribution in [0.5, 0.6) is 0 Å². The van der Waals surface area contributed by atoms with Crippen LogP contribution in [0.1, 0.15) is 30.9 Å². The molecule has 2 N–H and O–H groups in total. The molecule has 0 unspecified atom stereocenters. The maximum Gasteiger partial charge on any atom is 0.346 e. The molecule has 176 valence electrons. The lowest BCUT2D eigenvalue weighted by atomic mass is 10.0. The fraction of sp³-hybridized carbons (Fsp3) is 0.222. The van der Waals surface area contributed by atoms with Crippen LogP contribution in [0.3, 0.4) is 0 Å². The number of nitrogens with one attached hydrogen (secondary N) is 2. The molecule has 1 atom stereocenters. The number of rotatable bonds is 5. The summed E-state index contributed by atoms with van der Waals surface area (Å²) in [4.78, 5) is 35.3. The van der Waals surface area contributed by atoms with E-state index in [2.05, 4.69) is 21.7 Å². The molecule has 3 aromatic carbocycles. The zero-order valence-electron chi connectivity index (χ0n) is 18.9. The Kier molecular flexibility index (Phi) is 5.67. The van der Waals surface area contributed by atoms with Gasteiger partial charge in [0.2, 0.25) is 5.91 Å². The van der Waals surface area contributed by atoms with Gasteiger partial charge in [-0.15, -0.1) is 0 Å². The minimum atomic E-state index is -0.289. The fourth-order valence-corrected chi connectivity index (χ4v) is 5.22. The van der Waals surface area contributed by atoms with Crippen molar-refractivity contribution in [1.82, 2.24) is 10.0 Å².